The smallest absolute Gasteiger partial charge is 0.276 e. The largest absolute Gasteiger partial charge is 0.471 e. The number of ether oxygens (including phenoxy) is 1. The van der Waals surface area contributed by atoms with Gasteiger partial charge in [0.05, 0.1) is 24.5 Å². The zero-order valence-corrected chi connectivity index (χ0v) is 20.2. The Morgan fingerprint density at radius 3 is 2.61 bits per heavy atom. The highest BCUT2D eigenvalue weighted by Crippen LogP contribution is 2.37. The van der Waals surface area contributed by atoms with Crippen molar-refractivity contribution in [1.82, 2.24) is 14.9 Å². The molecule has 9 nitrogen and oxygen atoms in total. The molecule has 36 heavy (non-hydrogen) atoms. The Morgan fingerprint density at radius 1 is 1.14 bits per heavy atom. The lowest BCUT2D eigenvalue weighted by atomic mass is 10.1. The monoisotopic (exact) mass is 517 g/mol. The molecule has 1 aliphatic heterocycles. The summed E-state index contributed by atoms with van der Waals surface area (Å²) in [4.78, 5) is 44.5. The molecule has 3 aromatic rings. The van der Waals surface area contributed by atoms with Gasteiger partial charge in [-0.2, -0.15) is 0 Å². The van der Waals surface area contributed by atoms with Gasteiger partial charge in [0.1, 0.15) is 31.2 Å². The summed E-state index contributed by atoms with van der Waals surface area (Å²) < 4.78 is 33.5. The number of benzene rings is 2. The fraction of sp³-hybridized carbons (Fsp3) is 0.250. The van der Waals surface area contributed by atoms with Crippen molar-refractivity contribution >= 4 is 34.8 Å². The van der Waals surface area contributed by atoms with Crippen LogP contribution in [-0.4, -0.2) is 41.6 Å². The van der Waals surface area contributed by atoms with Gasteiger partial charge in [0, 0.05) is 18.6 Å². The molecule has 2 amide bonds. The highest BCUT2D eigenvalue weighted by molar-refractivity contribution is 6.31. The maximum absolute atomic E-state index is 13.8. The Labute approximate surface area is 209 Å². The highest BCUT2D eigenvalue weighted by Gasteiger charge is 2.32. The Hall–Kier alpha value is -3.83. The van der Waals surface area contributed by atoms with Crippen LogP contribution in [0.4, 0.5) is 20.2 Å². The van der Waals surface area contributed by atoms with Crippen molar-refractivity contribution < 1.29 is 23.1 Å². The number of nitrogens with one attached hydrogen (secondary N) is 1. The van der Waals surface area contributed by atoms with Crippen molar-refractivity contribution in [2.45, 2.75) is 20.1 Å². The third-order valence-electron chi connectivity index (χ3n) is 5.60. The quantitative estimate of drug-likeness (QED) is 0.517. The minimum atomic E-state index is -0.790. The molecule has 1 aromatic heterocycles. The van der Waals surface area contributed by atoms with Crippen molar-refractivity contribution in [3.05, 3.63) is 80.9 Å². The van der Waals surface area contributed by atoms with Gasteiger partial charge in [-0.3, -0.25) is 28.8 Å². The van der Waals surface area contributed by atoms with E-state index in [0.29, 0.717) is 16.9 Å². The Kier molecular flexibility index (Phi) is 7.32. The minimum absolute atomic E-state index is 0.0774. The van der Waals surface area contributed by atoms with Gasteiger partial charge in [-0.05, 0) is 36.9 Å². The number of carbonyl (C=O) groups excluding carboxylic acids is 2. The van der Waals surface area contributed by atoms with Crippen LogP contribution in [0.5, 0.6) is 5.88 Å². The number of hydrogen-bond donors (Lipinski definition) is 1. The van der Waals surface area contributed by atoms with Crippen LogP contribution in [0.3, 0.4) is 0 Å². The summed E-state index contributed by atoms with van der Waals surface area (Å²) in [5, 5.41) is 2.51. The first-order chi connectivity index (χ1) is 17.2. The molecule has 0 fully saturated rings. The third-order valence-corrected chi connectivity index (χ3v) is 5.92. The van der Waals surface area contributed by atoms with Gasteiger partial charge in [0.25, 0.3) is 5.56 Å². The zero-order chi connectivity index (χ0) is 26.0. The summed E-state index contributed by atoms with van der Waals surface area (Å²) in [6, 6.07) is 8.23. The molecular formula is C24H22ClF2N5O4. The summed E-state index contributed by atoms with van der Waals surface area (Å²) in [6.45, 7) is 1.40. The van der Waals surface area contributed by atoms with E-state index in [1.807, 2.05) is 0 Å². The molecular weight excluding hydrogens is 496 g/mol. The second-order valence-corrected chi connectivity index (χ2v) is 8.46. The van der Waals surface area contributed by atoms with Crippen LogP contribution >= 0.6 is 11.6 Å². The van der Waals surface area contributed by atoms with E-state index in [0.717, 1.165) is 12.1 Å². The van der Waals surface area contributed by atoms with Crippen molar-refractivity contribution in [3.63, 3.8) is 0 Å². The lowest BCUT2D eigenvalue weighted by molar-refractivity contribution is -0.117. The van der Waals surface area contributed by atoms with E-state index in [-0.39, 0.29) is 54.6 Å². The molecule has 1 aliphatic rings. The first-order valence-electron chi connectivity index (χ1n) is 10.9. The molecule has 0 saturated carbocycles. The normalized spacial score (nSPS) is 12.6. The molecule has 0 saturated heterocycles. The van der Waals surface area contributed by atoms with Gasteiger partial charge in [-0.25, -0.2) is 13.8 Å². The molecule has 12 heteroatoms. The van der Waals surface area contributed by atoms with E-state index in [1.165, 1.54) is 33.7 Å². The summed E-state index contributed by atoms with van der Waals surface area (Å²) in [5.41, 5.74) is 1.31. The van der Waals surface area contributed by atoms with Gasteiger partial charge in [-0.15, -0.1) is 0 Å². The number of aromatic nitrogens is 2. The number of carbonyl (C=O) groups is 2. The zero-order valence-electron chi connectivity index (χ0n) is 19.4. The average Bonchev–Trinajstić information content (AvgIpc) is 3.22. The lowest BCUT2D eigenvalue weighted by Crippen LogP contribution is -2.41. The summed E-state index contributed by atoms with van der Waals surface area (Å²) in [7, 11) is 1.65. The number of nitrogens with zero attached hydrogens (tertiary/aromatic N) is 4. The van der Waals surface area contributed by atoms with Crippen LogP contribution in [0.25, 0.3) is 0 Å². The second-order valence-electron chi connectivity index (χ2n) is 8.08. The molecule has 2 aromatic carbocycles. The Bertz CT molecular complexity index is 1400. The van der Waals surface area contributed by atoms with E-state index in [1.54, 1.807) is 25.2 Å². The second kappa shape index (κ2) is 10.4. The fourth-order valence-corrected chi connectivity index (χ4v) is 3.99. The molecule has 0 aliphatic carbocycles. The summed E-state index contributed by atoms with van der Waals surface area (Å²) in [5.74, 6) is -2.10. The molecule has 0 spiro atoms. The van der Waals surface area contributed by atoms with Gasteiger partial charge < -0.3 is 10.1 Å². The number of fused-ring (bicyclic) bond motifs is 1. The van der Waals surface area contributed by atoms with E-state index in [4.69, 9.17) is 16.3 Å². The predicted molar refractivity (Wildman–Crippen MR) is 129 cm³/mol. The number of amides is 2. The molecule has 4 rings (SSSR count). The minimum Gasteiger partial charge on any atom is -0.471 e. The lowest BCUT2D eigenvalue weighted by Gasteiger charge is -2.18. The summed E-state index contributed by atoms with van der Waals surface area (Å²) >= 11 is 6.16. The van der Waals surface area contributed by atoms with Crippen LogP contribution < -0.4 is 25.4 Å². The fourth-order valence-electron chi connectivity index (χ4n) is 3.78. The van der Waals surface area contributed by atoms with Crippen LogP contribution in [-0.2, 0) is 22.7 Å². The molecule has 0 atom stereocenters. The Morgan fingerprint density at radius 2 is 1.92 bits per heavy atom. The number of rotatable bonds is 7. The van der Waals surface area contributed by atoms with Crippen LogP contribution in [0, 0.1) is 11.6 Å². The van der Waals surface area contributed by atoms with Crippen molar-refractivity contribution in [2.75, 3.05) is 30.1 Å². The van der Waals surface area contributed by atoms with Gasteiger partial charge in [0.2, 0.25) is 17.7 Å². The van der Waals surface area contributed by atoms with E-state index in [2.05, 4.69) is 10.3 Å². The predicted octanol–water partition coefficient (Wildman–Crippen LogP) is 2.68. The van der Waals surface area contributed by atoms with Crippen LogP contribution in [0.1, 0.15) is 18.1 Å². The average molecular weight is 518 g/mol. The standard InChI is InChI=1S/C24H22ClF2N5O4/c1-14(33)31-13-32(21(34)9-28-2)20-7-15(3-6-19(20)31)10-30-12-29-23(22(25)24(30)35)36-11-16-4-5-17(26)8-18(16)27/h3-8,12,28H,9-11,13H2,1-2H3. The Balaban J connectivity index is 1.56. The molecule has 1 N–H and O–H groups in total. The van der Waals surface area contributed by atoms with Crippen molar-refractivity contribution in [3.8, 4) is 5.88 Å². The highest BCUT2D eigenvalue weighted by atomic mass is 35.5. The number of halogens is 3. The van der Waals surface area contributed by atoms with Crippen molar-refractivity contribution in [1.29, 1.82) is 0 Å². The summed E-state index contributed by atoms with van der Waals surface area (Å²) in [6.07, 6.45) is 1.24. The molecule has 2 heterocycles. The SMILES string of the molecule is CNCC(=O)N1CN(C(C)=O)c2ccc(Cn3cnc(OCc4ccc(F)cc4F)c(Cl)c3=O)cc21. The number of likely N-dealkylation sites (N-methyl/N-ethyl adjacent to an activating group) is 1. The van der Waals surface area contributed by atoms with Gasteiger partial charge in [0.15, 0.2) is 5.02 Å². The van der Waals surface area contributed by atoms with Crippen LogP contribution in [0.15, 0.2) is 47.5 Å². The number of anilines is 2. The first kappa shape index (κ1) is 25.3. The van der Waals surface area contributed by atoms with Gasteiger partial charge >= 0.3 is 0 Å². The van der Waals surface area contributed by atoms with E-state index >= 15 is 0 Å². The maximum atomic E-state index is 13.8. The number of hydrogen-bond acceptors (Lipinski definition) is 6. The molecule has 0 bridgehead atoms. The van der Waals surface area contributed by atoms with Crippen molar-refractivity contribution in [2.24, 2.45) is 0 Å². The molecule has 188 valence electrons. The van der Waals surface area contributed by atoms with Gasteiger partial charge in [-0.1, -0.05) is 17.7 Å². The maximum Gasteiger partial charge on any atom is 0.276 e. The first-order valence-corrected chi connectivity index (χ1v) is 11.2. The van der Waals surface area contributed by atoms with Crippen LogP contribution in [0.2, 0.25) is 5.02 Å². The van der Waals surface area contributed by atoms with E-state index < -0.39 is 17.2 Å². The molecule has 0 radical (unpaired) electrons. The molecule has 0 unspecified atom stereocenters. The topological polar surface area (TPSA) is 96.8 Å². The van der Waals surface area contributed by atoms with E-state index in [9.17, 15) is 23.2 Å². The third kappa shape index (κ3) is 5.07.